The van der Waals surface area contributed by atoms with E-state index in [1.807, 2.05) is 0 Å². The lowest BCUT2D eigenvalue weighted by Crippen LogP contribution is -1.89. The highest BCUT2D eigenvalue weighted by molar-refractivity contribution is 5.66. The van der Waals surface area contributed by atoms with Crippen LogP contribution in [0, 0.1) is 6.26 Å². The molecule has 2 nitrogen and oxygen atoms in total. The Morgan fingerprint density at radius 1 is 1.86 bits per heavy atom. The average molecular weight is 99.1 g/mol. The van der Waals surface area contributed by atoms with Crippen LogP contribution in [0.25, 0.3) is 0 Å². The standard InChI is InChI=1S/C5H7O2/c1-3-4-7-5(2)6/h3H,1-2H3. The van der Waals surface area contributed by atoms with Crippen LogP contribution in [0.3, 0.4) is 0 Å². The lowest BCUT2D eigenvalue weighted by Gasteiger charge is -1.83. The minimum absolute atomic E-state index is 0.335. The van der Waals surface area contributed by atoms with Gasteiger partial charge in [-0.3, -0.25) is 4.79 Å². The largest absolute Gasteiger partial charge is 0.423 e. The van der Waals surface area contributed by atoms with Crippen molar-refractivity contribution in [1.29, 1.82) is 0 Å². The van der Waals surface area contributed by atoms with Crippen molar-refractivity contribution in [3.63, 3.8) is 0 Å². The maximum atomic E-state index is 9.90. The van der Waals surface area contributed by atoms with Gasteiger partial charge in [0.2, 0.25) is 0 Å². The molecule has 0 aromatic heterocycles. The van der Waals surface area contributed by atoms with Gasteiger partial charge in [0.1, 0.15) is 0 Å². The van der Waals surface area contributed by atoms with Crippen LogP contribution in [0.2, 0.25) is 0 Å². The van der Waals surface area contributed by atoms with E-state index in [2.05, 4.69) is 11.0 Å². The van der Waals surface area contributed by atoms with E-state index in [1.54, 1.807) is 6.92 Å². The van der Waals surface area contributed by atoms with Crippen LogP contribution in [0.15, 0.2) is 6.08 Å². The molecule has 0 amide bonds. The zero-order valence-corrected chi connectivity index (χ0v) is 4.39. The molecule has 0 N–H and O–H groups in total. The maximum absolute atomic E-state index is 9.90. The van der Waals surface area contributed by atoms with E-state index >= 15 is 0 Å². The summed E-state index contributed by atoms with van der Waals surface area (Å²) in [7, 11) is 0. The first-order chi connectivity index (χ1) is 3.27. The molecule has 0 rings (SSSR count). The summed E-state index contributed by atoms with van der Waals surface area (Å²) in [5.41, 5.74) is 0. The molecule has 0 saturated heterocycles. The van der Waals surface area contributed by atoms with E-state index in [0.29, 0.717) is 0 Å². The van der Waals surface area contributed by atoms with Crippen LogP contribution in [-0.4, -0.2) is 5.97 Å². The van der Waals surface area contributed by atoms with Crippen LogP contribution >= 0.6 is 0 Å². The normalized spacial score (nSPS) is 9.43. The smallest absolute Gasteiger partial charge is 0.308 e. The summed E-state index contributed by atoms with van der Waals surface area (Å²) in [6.45, 7) is 3.06. The summed E-state index contributed by atoms with van der Waals surface area (Å²) in [6.07, 6.45) is 3.80. The van der Waals surface area contributed by atoms with Gasteiger partial charge in [-0.25, -0.2) is 0 Å². The molecule has 7 heavy (non-hydrogen) atoms. The average Bonchev–Trinajstić information content (AvgIpc) is 1.61. The highest BCUT2D eigenvalue weighted by Gasteiger charge is 1.81. The second-order valence-electron chi connectivity index (χ2n) is 1.00. The minimum Gasteiger partial charge on any atom is -0.423 e. The number of hydrogen-bond donors (Lipinski definition) is 0. The monoisotopic (exact) mass is 99.0 g/mol. The lowest BCUT2D eigenvalue weighted by molar-refractivity contribution is -0.136. The van der Waals surface area contributed by atoms with Crippen LogP contribution in [0.1, 0.15) is 13.8 Å². The molecule has 0 aromatic carbocycles. The Morgan fingerprint density at radius 3 is 2.57 bits per heavy atom. The molecule has 0 heterocycles. The predicted octanol–water partition coefficient (Wildman–Crippen LogP) is 0.886. The lowest BCUT2D eigenvalue weighted by atomic mass is 10.7. The molecule has 0 saturated carbocycles. The van der Waals surface area contributed by atoms with Gasteiger partial charge in [-0.15, -0.1) is 0 Å². The van der Waals surface area contributed by atoms with Gasteiger partial charge in [0.15, 0.2) is 6.26 Å². The van der Waals surface area contributed by atoms with Gasteiger partial charge in [-0.1, -0.05) is 0 Å². The topological polar surface area (TPSA) is 26.3 Å². The number of hydrogen-bond acceptors (Lipinski definition) is 2. The molecule has 0 fully saturated rings. The Labute approximate surface area is 42.8 Å². The highest BCUT2D eigenvalue weighted by atomic mass is 16.5. The molecular formula is C5H7O2. The van der Waals surface area contributed by atoms with E-state index in [-0.39, 0.29) is 5.97 Å². The molecule has 0 aliphatic heterocycles. The molecule has 0 bridgehead atoms. The number of ether oxygens (including phenoxy) is 1. The van der Waals surface area contributed by atoms with Crippen molar-refractivity contribution in [2.24, 2.45) is 0 Å². The van der Waals surface area contributed by atoms with Crippen LogP contribution < -0.4 is 0 Å². The first-order valence-corrected chi connectivity index (χ1v) is 1.98. The van der Waals surface area contributed by atoms with Crippen molar-refractivity contribution >= 4 is 5.97 Å². The van der Waals surface area contributed by atoms with Crippen molar-refractivity contribution in [2.75, 3.05) is 0 Å². The van der Waals surface area contributed by atoms with Crippen molar-refractivity contribution in [3.8, 4) is 0 Å². The number of rotatable bonds is 1. The minimum atomic E-state index is -0.335. The summed E-state index contributed by atoms with van der Waals surface area (Å²) in [5, 5.41) is 0. The molecule has 0 aromatic rings. The van der Waals surface area contributed by atoms with Gasteiger partial charge in [0, 0.05) is 6.92 Å². The fourth-order valence-electron chi connectivity index (χ4n) is 0.142. The summed E-state index contributed by atoms with van der Waals surface area (Å²) < 4.78 is 4.25. The summed E-state index contributed by atoms with van der Waals surface area (Å²) in [5.74, 6) is -0.335. The third-order valence-corrected chi connectivity index (χ3v) is 0.321. The molecule has 0 atom stereocenters. The van der Waals surface area contributed by atoms with Gasteiger partial charge < -0.3 is 4.74 Å². The van der Waals surface area contributed by atoms with Crippen LogP contribution in [0.4, 0.5) is 0 Å². The number of allylic oxidation sites excluding steroid dienone is 1. The Kier molecular flexibility index (Phi) is 3.02. The van der Waals surface area contributed by atoms with E-state index < -0.39 is 0 Å². The molecular weight excluding hydrogens is 92.1 g/mol. The Hall–Kier alpha value is -0.790. The third-order valence-electron chi connectivity index (χ3n) is 0.321. The summed E-state index contributed by atoms with van der Waals surface area (Å²) >= 11 is 0. The molecule has 1 radical (unpaired) electrons. The van der Waals surface area contributed by atoms with Gasteiger partial charge in [0.25, 0.3) is 0 Å². The zero-order chi connectivity index (χ0) is 5.70. The van der Waals surface area contributed by atoms with E-state index in [0.717, 1.165) is 0 Å². The number of carbonyl (C=O) groups is 1. The molecule has 0 unspecified atom stereocenters. The molecule has 0 aliphatic rings. The van der Waals surface area contributed by atoms with Crippen molar-refractivity contribution < 1.29 is 9.53 Å². The number of carbonyl (C=O) groups excluding carboxylic acids is 1. The van der Waals surface area contributed by atoms with E-state index in [1.165, 1.54) is 13.0 Å². The fourth-order valence-corrected chi connectivity index (χ4v) is 0.142. The SMILES string of the molecule is CC=[C]OC(C)=O. The zero-order valence-electron chi connectivity index (χ0n) is 4.39. The molecule has 2 heteroatoms. The van der Waals surface area contributed by atoms with E-state index in [9.17, 15) is 4.79 Å². The maximum Gasteiger partial charge on any atom is 0.308 e. The Bertz CT molecular complexity index is 84.1. The second kappa shape index (κ2) is 3.40. The Morgan fingerprint density at radius 2 is 2.43 bits per heavy atom. The van der Waals surface area contributed by atoms with Crippen molar-refractivity contribution in [2.45, 2.75) is 13.8 Å². The van der Waals surface area contributed by atoms with Crippen LogP contribution in [-0.2, 0) is 9.53 Å². The summed E-state index contributed by atoms with van der Waals surface area (Å²) in [6, 6.07) is 0. The first-order valence-electron chi connectivity index (χ1n) is 1.98. The quantitative estimate of drug-likeness (QED) is 0.360. The fraction of sp³-hybridized carbons (Fsp3) is 0.400. The summed E-state index contributed by atoms with van der Waals surface area (Å²) in [4.78, 5) is 9.90. The van der Waals surface area contributed by atoms with Crippen LogP contribution in [0.5, 0.6) is 0 Å². The third kappa shape index (κ3) is 5.21. The van der Waals surface area contributed by atoms with Gasteiger partial charge in [0.05, 0.1) is 0 Å². The second-order valence-corrected chi connectivity index (χ2v) is 1.00. The van der Waals surface area contributed by atoms with Crippen molar-refractivity contribution in [3.05, 3.63) is 12.3 Å². The first kappa shape index (κ1) is 6.21. The Balaban J connectivity index is 3.14. The van der Waals surface area contributed by atoms with Gasteiger partial charge in [-0.05, 0) is 13.0 Å². The van der Waals surface area contributed by atoms with E-state index in [4.69, 9.17) is 0 Å². The molecule has 0 aliphatic carbocycles. The highest BCUT2D eigenvalue weighted by Crippen LogP contribution is 1.73. The molecule has 39 valence electrons. The number of esters is 1. The van der Waals surface area contributed by atoms with Gasteiger partial charge in [-0.2, -0.15) is 0 Å². The van der Waals surface area contributed by atoms with Crippen molar-refractivity contribution in [1.82, 2.24) is 0 Å². The molecule has 0 spiro atoms. The predicted molar refractivity (Wildman–Crippen MR) is 25.3 cm³/mol. The van der Waals surface area contributed by atoms with Gasteiger partial charge >= 0.3 is 5.97 Å².